The molecule has 2 aromatic heterocycles. The van der Waals surface area contributed by atoms with Crippen LogP contribution in [0.2, 0.25) is 0 Å². The summed E-state index contributed by atoms with van der Waals surface area (Å²) in [4.78, 5) is 9.40. The number of aliphatic hydroxyl groups excluding tert-OH is 1. The number of hydrogen-bond donors (Lipinski definition) is 2. The lowest BCUT2D eigenvalue weighted by atomic mass is 10.0. The maximum Gasteiger partial charge on any atom is 0.247 e. The number of nitrogens with one attached hydrogen (secondary N) is 1. The van der Waals surface area contributed by atoms with Gasteiger partial charge in [0.15, 0.2) is 5.65 Å². The van der Waals surface area contributed by atoms with Gasteiger partial charge in [0.2, 0.25) is 5.95 Å². The van der Waals surface area contributed by atoms with Crippen molar-refractivity contribution in [2.45, 2.75) is 6.61 Å². The third-order valence-corrected chi connectivity index (χ3v) is 5.82. The zero-order valence-corrected chi connectivity index (χ0v) is 17.6. The molecule has 158 valence electrons. The van der Waals surface area contributed by atoms with Gasteiger partial charge in [0.1, 0.15) is 0 Å². The van der Waals surface area contributed by atoms with Crippen LogP contribution in [-0.2, 0) is 6.61 Å². The number of rotatable bonds is 5. The van der Waals surface area contributed by atoms with Gasteiger partial charge in [0.05, 0.1) is 12.3 Å². The Morgan fingerprint density at radius 1 is 0.903 bits per heavy atom. The number of nitrogens with zero attached hydrogens (tertiary/aromatic N) is 5. The van der Waals surface area contributed by atoms with Crippen molar-refractivity contribution in [3.8, 4) is 11.3 Å². The second-order valence-electron chi connectivity index (χ2n) is 7.89. The summed E-state index contributed by atoms with van der Waals surface area (Å²) in [6.45, 7) is 4.26. The minimum Gasteiger partial charge on any atom is -0.392 e. The minimum atomic E-state index is -0.0218. The minimum absolute atomic E-state index is 0.0218. The molecule has 7 heteroatoms. The lowest BCUT2D eigenvalue weighted by Gasteiger charge is -2.34. The average Bonchev–Trinajstić information content (AvgIpc) is 3.22. The quantitative estimate of drug-likeness (QED) is 0.522. The molecule has 0 atom stereocenters. The van der Waals surface area contributed by atoms with E-state index in [-0.39, 0.29) is 6.61 Å². The Labute approximate surface area is 181 Å². The van der Waals surface area contributed by atoms with Crippen molar-refractivity contribution in [3.63, 3.8) is 0 Å². The Balaban J connectivity index is 1.39. The molecule has 1 saturated heterocycles. The fourth-order valence-corrected chi connectivity index (χ4v) is 4.02. The highest BCUT2D eigenvalue weighted by Gasteiger charge is 2.15. The number of anilines is 3. The van der Waals surface area contributed by atoms with Gasteiger partial charge in [0.25, 0.3) is 0 Å². The highest BCUT2D eigenvalue weighted by atomic mass is 16.3. The topological polar surface area (TPSA) is 68.9 Å². The molecule has 1 fully saturated rings. The number of aromatic nitrogens is 3. The normalized spacial score (nSPS) is 14.8. The Morgan fingerprint density at radius 2 is 1.68 bits per heavy atom. The summed E-state index contributed by atoms with van der Waals surface area (Å²) >= 11 is 0. The van der Waals surface area contributed by atoms with Crippen molar-refractivity contribution in [2.24, 2.45) is 0 Å². The number of pyridine rings is 1. The van der Waals surface area contributed by atoms with Crippen molar-refractivity contribution in [3.05, 3.63) is 72.3 Å². The van der Waals surface area contributed by atoms with Crippen molar-refractivity contribution < 1.29 is 5.11 Å². The highest BCUT2D eigenvalue weighted by Crippen LogP contribution is 2.26. The first-order valence-corrected chi connectivity index (χ1v) is 10.6. The molecular formula is C24H26N6O. The first kappa shape index (κ1) is 19.5. The maximum absolute atomic E-state index is 9.72. The molecule has 0 spiro atoms. The van der Waals surface area contributed by atoms with E-state index in [0.29, 0.717) is 5.95 Å². The van der Waals surface area contributed by atoms with E-state index in [1.54, 1.807) is 0 Å². The van der Waals surface area contributed by atoms with Crippen molar-refractivity contribution in [1.82, 2.24) is 19.5 Å². The third-order valence-electron chi connectivity index (χ3n) is 5.82. The molecule has 4 aromatic rings. The second-order valence-corrected chi connectivity index (χ2v) is 7.89. The van der Waals surface area contributed by atoms with Crippen LogP contribution >= 0.6 is 0 Å². The van der Waals surface area contributed by atoms with Crippen LogP contribution in [0.15, 0.2) is 66.7 Å². The molecule has 0 aliphatic carbocycles. The van der Waals surface area contributed by atoms with Gasteiger partial charge in [-0.3, -0.25) is 0 Å². The van der Waals surface area contributed by atoms with E-state index in [1.165, 1.54) is 5.69 Å². The highest BCUT2D eigenvalue weighted by molar-refractivity contribution is 5.68. The van der Waals surface area contributed by atoms with Gasteiger partial charge < -0.3 is 20.2 Å². The lowest BCUT2D eigenvalue weighted by molar-refractivity contribution is 0.282. The van der Waals surface area contributed by atoms with E-state index in [4.69, 9.17) is 0 Å². The number of aliphatic hydroxyl groups is 1. The molecule has 5 rings (SSSR count). The van der Waals surface area contributed by atoms with Crippen molar-refractivity contribution >= 4 is 23.0 Å². The van der Waals surface area contributed by atoms with E-state index in [2.05, 4.69) is 56.5 Å². The predicted octanol–water partition coefficient (Wildman–Crippen LogP) is 3.38. The van der Waals surface area contributed by atoms with Gasteiger partial charge in [-0.05, 0) is 49.0 Å². The largest absolute Gasteiger partial charge is 0.392 e. The molecule has 0 unspecified atom stereocenters. The summed E-state index contributed by atoms with van der Waals surface area (Å²) in [6.07, 6.45) is 0. The summed E-state index contributed by atoms with van der Waals surface area (Å²) in [6, 6.07) is 22.1. The van der Waals surface area contributed by atoms with Gasteiger partial charge in [-0.1, -0.05) is 30.3 Å². The fraction of sp³-hybridized carbons (Fsp3) is 0.250. The SMILES string of the molecule is CN1CCN(c2ccc(Nc3nc4cccc(-c5ccccc5CO)n4n3)cc2)CC1. The van der Waals surface area contributed by atoms with E-state index in [1.807, 2.05) is 47.0 Å². The van der Waals surface area contributed by atoms with Crippen LogP contribution in [0.4, 0.5) is 17.3 Å². The van der Waals surface area contributed by atoms with Crippen LogP contribution in [0.25, 0.3) is 16.9 Å². The summed E-state index contributed by atoms with van der Waals surface area (Å²) in [7, 11) is 2.17. The molecule has 0 radical (unpaired) electrons. The number of piperazine rings is 1. The molecule has 0 amide bonds. The van der Waals surface area contributed by atoms with E-state index in [9.17, 15) is 5.11 Å². The number of hydrogen-bond acceptors (Lipinski definition) is 6. The zero-order valence-electron chi connectivity index (χ0n) is 17.6. The number of likely N-dealkylation sites (N-methyl/N-ethyl adjacent to an activating group) is 1. The lowest BCUT2D eigenvalue weighted by Crippen LogP contribution is -2.44. The second kappa shape index (κ2) is 8.37. The molecule has 0 saturated carbocycles. The molecule has 7 nitrogen and oxygen atoms in total. The van der Waals surface area contributed by atoms with Gasteiger partial charge >= 0.3 is 0 Å². The molecule has 31 heavy (non-hydrogen) atoms. The molecule has 1 aliphatic rings. The van der Waals surface area contributed by atoms with Crippen molar-refractivity contribution in [1.29, 1.82) is 0 Å². The fourth-order valence-electron chi connectivity index (χ4n) is 4.02. The summed E-state index contributed by atoms with van der Waals surface area (Å²) in [5.74, 6) is 0.543. The number of fused-ring (bicyclic) bond motifs is 1. The van der Waals surface area contributed by atoms with Gasteiger partial charge in [-0.25, -0.2) is 4.52 Å². The van der Waals surface area contributed by atoms with Gasteiger partial charge in [-0.2, -0.15) is 4.98 Å². The molecular weight excluding hydrogens is 388 g/mol. The van der Waals surface area contributed by atoms with Crippen LogP contribution in [0.5, 0.6) is 0 Å². The third kappa shape index (κ3) is 3.97. The number of benzene rings is 2. The van der Waals surface area contributed by atoms with Crippen LogP contribution in [0.3, 0.4) is 0 Å². The Morgan fingerprint density at radius 3 is 2.45 bits per heavy atom. The van der Waals surface area contributed by atoms with Gasteiger partial charge in [0, 0.05) is 43.1 Å². The first-order valence-electron chi connectivity index (χ1n) is 10.6. The molecule has 1 aliphatic heterocycles. The van der Waals surface area contributed by atoms with E-state index in [0.717, 1.165) is 54.3 Å². The Kier molecular flexibility index (Phi) is 5.28. The van der Waals surface area contributed by atoms with Crippen LogP contribution in [0.1, 0.15) is 5.56 Å². The van der Waals surface area contributed by atoms with Crippen molar-refractivity contribution in [2.75, 3.05) is 43.4 Å². The van der Waals surface area contributed by atoms with E-state index >= 15 is 0 Å². The summed E-state index contributed by atoms with van der Waals surface area (Å²) < 4.78 is 1.81. The van der Waals surface area contributed by atoms with Crippen LogP contribution in [0, 0.1) is 0 Å². The average molecular weight is 415 g/mol. The monoisotopic (exact) mass is 414 g/mol. The summed E-state index contributed by atoms with van der Waals surface area (Å²) in [5, 5.41) is 17.7. The Bertz CT molecular complexity index is 1180. The predicted molar refractivity (Wildman–Crippen MR) is 124 cm³/mol. The smallest absolute Gasteiger partial charge is 0.247 e. The molecule has 2 N–H and O–H groups in total. The van der Waals surface area contributed by atoms with Crippen LogP contribution in [-0.4, -0.2) is 57.8 Å². The standard InChI is InChI=1S/C24H26N6O/c1-28-13-15-29(16-14-28)20-11-9-19(10-12-20)25-24-26-23-8-4-7-22(30(23)27-24)21-6-3-2-5-18(21)17-31/h2-12,31H,13-17H2,1H3,(H,25,27). The maximum atomic E-state index is 9.72. The molecule has 2 aromatic carbocycles. The van der Waals surface area contributed by atoms with Gasteiger partial charge in [-0.15, -0.1) is 5.10 Å². The Hall–Kier alpha value is -3.42. The summed E-state index contributed by atoms with van der Waals surface area (Å²) in [5.41, 5.74) is 5.65. The first-order chi connectivity index (χ1) is 15.2. The molecule has 3 heterocycles. The molecule has 0 bridgehead atoms. The zero-order chi connectivity index (χ0) is 21.2. The van der Waals surface area contributed by atoms with Crippen LogP contribution < -0.4 is 10.2 Å². The van der Waals surface area contributed by atoms with E-state index < -0.39 is 0 Å².